The third-order valence-electron chi connectivity index (χ3n) is 3.06. The summed E-state index contributed by atoms with van der Waals surface area (Å²) in [5.41, 5.74) is 3.40. The van der Waals surface area contributed by atoms with Crippen LogP contribution in [0.4, 0.5) is 0 Å². The molecule has 0 saturated carbocycles. The molecule has 2 rings (SSSR count). The SMILES string of the molecule is COCCNCc1cccnc1Oc1cc(C)cc(C)c1. The molecule has 0 aliphatic carbocycles. The van der Waals surface area contributed by atoms with E-state index in [-0.39, 0.29) is 0 Å². The molecule has 1 N–H and O–H groups in total. The summed E-state index contributed by atoms with van der Waals surface area (Å²) in [6.45, 7) is 6.32. The zero-order valence-corrected chi connectivity index (χ0v) is 12.8. The van der Waals surface area contributed by atoms with Crippen LogP contribution in [0.5, 0.6) is 11.6 Å². The van der Waals surface area contributed by atoms with E-state index in [4.69, 9.17) is 9.47 Å². The van der Waals surface area contributed by atoms with E-state index in [1.807, 2.05) is 24.3 Å². The van der Waals surface area contributed by atoms with Crippen LogP contribution in [0, 0.1) is 13.8 Å². The molecule has 0 atom stereocenters. The molecule has 1 aromatic heterocycles. The molecule has 4 heteroatoms. The van der Waals surface area contributed by atoms with Gasteiger partial charge in [0, 0.05) is 32.0 Å². The highest BCUT2D eigenvalue weighted by molar-refractivity contribution is 5.37. The first-order valence-corrected chi connectivity index (χ1v) is 7.09. The molecule has 0 aliphatic heterocycles. The molecule has 4 nitrogen and oxygen atoms in total. The summed E-state index contributed by atoms with van der Waals surface area (Å²) in [5, 5.41) is 3.31. The summed E-state index contributed by atoms with van der Waals surface area (Å²) in [6.07, 6.45) is 1.75. The van der Waals surface area contributed by atoms with Crippen LogP contribution < -0.4 is 10.1 Å². The van der Waals surface area contributed by atoms with Gasteiger partial charge in [0.05, 0.1) is 6.61 Å². The van der Waals surface area contributed by atoms with Crippen molar-refractivity contribution in [2.45, 2.75) is 20.4 Å². The third kappa shape index (κ3) is 4.85. The summed E-state index contributed by atoms with van der Waals surface area (Å²) in [5.74, 6) is 1.47. The maximum Gasteiger partial charge on any atom is 0.223 e. The van der Waals surface area contributed by atoms with Crippen LogP contribution in [0.1, 0.15) is 16.7 Å². The first-order chi connectivity index (χ1) is 10.2. The van der Waals surface area contributed by atoms with Crippen LogP contribution in [0.25, 0.3) is 0 Å². The van der Waals surface area contributed by atoms with E-state index in [2.05, 4.69) is 30.2 Å². The molecule has 0 aliphatic rings. The van der Waals surface area contributed by atoms with Crippen LogP contribution in [0.3, 0.4) is 0 Å². The monoisotopic (exact) mass is 286 g/mol. The number of benzene rings is 1. The number of nitrogens with zero attached hydrogens (tertiary/aromatic N) is 1. The lowest BCUT2D eigenvalue weighted by molar-refractivity contribution is 0.199. The number of nitrogens with one attached hydrogen (secondary N) is 1. The first-order valence-electron chi connectivity index (χ1n) is 7.09. The smallest absolute Gasteiger partial charge is 0.223 e. The predicted octanol–water partition coefficient (Wildman–Crippen LogP) is 3.23. The van der Waals surface area contributed by atoms with Gasteiger partial charge in [0.25, 0.3) is 0 Å². The van der Waals surface area contributed by atoms with E-state index in [0.29, 0.717) is 19.0 Å². The largest absolute Gasteiger partial charge is 0.439 e. The quantitative estimate of drug-likeness (QED) is 0.794. The fourth-order valence-electron chi connectivity index (χ4n) is 2.15. The second-order valence-corrected chi connectivity index (χ2v) is 5.06. The zero-order valence-electron chi connectivity index (χ0n) is 12.8. The molecule has 0 bridgehead atoms. The van der Waals surface area contributed by atoms with Crippen molar-refractivity contribution < 1.29 is 9.47 Å². The van der Waals surface area contributed by atoms with Crippen molar-refractivity contribution in [2.24, 2.45) is 0 Å². The fraction of sp³-hybridized carbons (Fsp3) is 0.353. The van der Waals surface area contributed by atoms with E-state index in [1.54, 1.807) is 13.3 Å². The number of aromatic nitrogens is 1. The molecule has 0 radical (unpaired) electrons. The molecule has 1 aromatic carbocycles. The summed E-state index contributed by atoms with van der Waals surface area (Å²) in [6, 6.07) is 10.1. The molecule has 112 valence electrons. The summed E-state index contributed by atoms with van der Waals surface area (Å²) < 4.78 is 11.0. The number of methoxy groups -OCH3 is 1. The Hall–Kier alpha value is -1.91. The van der Waals surface area contributed by atoms with E-state index >= 15 is 0 Å². The maximum absolute atomic E-state index is 5.95. The third-order valence-corrected chi connectivity index (χ3v) is 3.06. The van der Waals surface area contributed by atoms with Gasteiger partial charge in [-0.3, -0.25) is 0 Å². The highest BCUT2D eigenvalue weighted by Crippen LogP contribution is 2.24. The van der Waals surface area contributed by atoms with Crippen LogP contribution in [-0.2, 0) is 11.3 Å². The Morgan fingerprint density at radius 1 is 1.14 bits per heavy atom. The van der Waals surface area contributed by atoms with Gasteiger partial charge in [-0.15, -0.1) is 0 Å². The molecule has 0 spiro atoms. The van der Waals surface area contributed by atoms with Crippen molar-refractivity contribution in [3.8, 4) is 11.6 Å². The van der Waals surface area contributed by atoms with Gasteiger partial charge in [0.1, 0.15) is 5.75 Å². The standard InChI is InChI=1S/C17H22N2O2/c1-13-9-14(2)11-16(10-13)21-17-15(5-4-6-19-17)12-18-7-8-20-3/h4-6,9-11,18H,7-8,12H2,1-3H3. The predicted molar refractivity (Wildman–Crippen MR) is 83.8 cm³/mol. The fourth-order valence-corrected chi connectivity index (χ4v) is 2.15. The van der Waals surface area contributed by atoms with Crippen LogP contribution in [0.2, 0.25) is 0 Å². The number of rotatable bonds is 7. The second-order valence-electron chi connectivity index (χ2n) is 5.06. The highest BCUT2D eigenvalue weighted by atomic mass is 16.5. The average Bonchev–Trinajstić information content (AvgIpc) is 2.44. The lowest BCUT2D eigenvalue weighted by Gasteiger charge is -2.11. The minimum Gasteiger partial charge on any atom is -0.439 e. The minimum absolute atomic E-state index is 0.646. The Morgan fingerprint density at radius 3 is 2.62 bits per heavy atom. The minimum atomic E-state index is 0.646. The molecule has 0 saturated heterocycles. The van der Waals surface area contributed by atoms with E-state index in [9.17, 15) is 0 Å². The van der Waals surface area contributed by atoms with Crippen LogP contribution >= 0.6 is 0 Å². The molecule has 0 unspecified atom stereocenters. The maximum atomic E-state index is 5.95. The molecular weight excluding hydrogens is 264 g/mol. The average molecular weight is 286 g/mol. The van der Waals surface area contributed by atoms with Crippen molar-refractivity contribution in [2.75, 3.05) is 20.3 Å². The Balaban J connectivity index is 2.08. The second kappa shape index (κ2) is 7.76. The van der Waals surface area contributed by atoms with Gasteiger partial charge in [0.2, 0.25) is 5.88 Å². The Morgan fingerprint density at radius 2 is 1.90 bits per heavy atom. The molecule has 1 heterocycles. The van der Waals surface area contributed by atoms with Crippen molar-refractivity contribution in [1.29, 1.82) is 0 Å². The molecule has 21 heavy (non-hydrogen) atoms. The molecule has 0 amide bonds. The number of ether oxygens (including phenoxy) is 2. The van der Waals surface area contributed by atoms with Crippen LogP contribution in [0.15, 0.2) is 36.5 Å². The molecule has 0 fully saturated rings. The molecule has 2 aromatic rings. The normalized spacial score (nSPS) is 10.6. The van der Waals surface area contributed by atoms with Crippen molar-refractivity contribution in [3.63, 3.8) is 0 Å². The van der Waals surface area contributed by atoms with Gasteiger partial charge in [-0.1, -0.05) is 12.1 Å². The zero-order chi connectivity index (χ0) is 15.1. The van der Waals surface area contributed by atoms with Gasteiger partial charge in [0.15, 0.2) is 0 Å². The topological polar surface area (TPSA) is 43.4 Å². The number of aryl methyl sites for hydroxylation is 2. The Kier molecular flexibility index (Phi) is 5.72. The number of hydrogen-bond acceptors (Lipinski definition) is 4. The van der Waals surface area contributed by atoms with Gasteiger partial charge < -0.3 is 14.8 Å². The van der Waals surface area contributed by atoms with Gasteiger partial charge in [-0.2, -0.15) is 0 Å². The van der Waals surface area contributed by atoms with Gasteiger partial charge >= 0.3 is 0 Å². The number of pyridine rings is 1. The van der Waals surface area contributed by atoms with Gasteiger partial charge in [-0.25, -0.2) is 4.98 Å². The highest BCUT2D eigenvalue weighted by Gasteiger charge is 2.06. The molecular formula is C17H22N2O2. The van der Waals surface area contributed by atoms with Gasteiger partial charge in [-0.05, 0) is 43.2 Å². The van der Waals surface area contributed by atoms with E-state index < -0.39 is 0 Å². The van der Waals surface area contributed by atoms with Crippen LogP contribution in [-0.4, -0.2) is 25.2 Å². The Bertz CT molecular complexity index is 565. The Labute approximate surface area is 126 Å². The van der Waals surface area contributed by atoms with E-state index in [1.165, 1.54) is 11.1 Å². The van der Waals surface area contributed by atoms with Crippen molar-refractivity contribution in [1.82, 2.24) is 10.3 Å². The first kappa shape index (κ1) is 15.5. The van der Waals surface area contributed by atoms with Crippen molar-refractivity contribution in [3.05, 3.63) is 53.2 Å². The lowest BCUT2D eigenvalue weighted by atomic mass is 10.1. The summed E-state index contributed by atoms with van der Waals surface area (Å²) in [4.78, 5) is 4.34. The summed E-state index contributed by atoms with van der Waals surface area (Å²) >= 11 is 0. The summed E-state index contributed by atoms with van der Waals surface area (Å²) in [7, 11) is 1.69. The lowest BCUT2D eigenvalue weighted by Crippen LogP contribution is -2.19. The number of hydrogen-bond donors (Lipinski definition) is 1. The van der Waals surface area contributed by atoms with E-state index in [0.717, 1.165) is 17.9 Å². The van der Waals surface area contributed by atoms with Crippen molar-refractivity contribution >= 4 is 0 Å².